The third-order valence-corrected chi connectivity index (χ3v) is 9.16. The smallest absolute Gasteiger partial charge is 0.283 e. The molecule has 3 heterocycles. The lowest BCUT2D eigenvalue weighted by Gasteiger charge is -2.20. The first-order valence-electron chi connectivity index (χ1n) is 13.4. The van der Waals surface area contributed by atoms with Crippen LogP contribution in [-0.4, -0.2) is 37.5 Å². The number of hydrogen-bond acceptors (Lipinski definition) is 6. The molecule has 0 atom stereocenters. The van der Waals surface area contributed by atoms with Crippen LogP contribution in [0.3, 0.4) is 0 Å². The fourth-order valence-electron chi connectivity index (χ4n) is 4.71. The quantitative estimate of drug-likeness (QED) is 0.176. The van der Waals surface area contributed by atoms with Crippen LogP contribution in [0, 0.1) is 19.3 Å². The summed E-state index contributed by atoms with van der Waals surface area (Å²) in [5, 5.41) is 16.3. The van der Waals surface area contributed by atoms with Crippen molar-refractivity contribution < 1.29 is 9.53 Å². The number of amidine groups is 2. The molecule has 3 aromatic carbocycles. The SMILES string of the molecule is Cc1ccc(OCCCn2cc(C=C3C(=N)N4N=C(SCc5ccccc5)SC4=NC3=O)c3ccccc32)cc1C. The molecule has 0 spiro atoms. The zero-order valence-corrected chi connectivity index (χ0v) is 24.5. The first-order valence-corrected chi connectivity index (χ1v) is 15.2. The van der Waals surface area contributed by atoms with Gasteiger partial charge in [-0.05, 0) is 73.0 Å². The first kappa shape index (κ1) is 27.1. The number of ether oxygens (including phenoxy) is 1. The minimum Gasteiger partial charge on any atom is -0.494 e. The molecule has 0 radical (unpaired) electrons. The van der Waals surface area contributed by atoms with Crippen LogP contribution in [-0.2, 0) is 17.1 Å². The number of amides is 1. The number of aromatic nitrogens is 1. The molecule has 2 aliphatic rings. The molecule has 0 bridgehead atoms. The summed E-state index contributed by atoms with van der Waals surface area (Å²) < 4.78 is 8.94. The van der Waals surface area contributed by atoms with Crippen LogP contribution in [0.5, 0.6) is 5.75 Å². The summed E-state index contributed by atoms with van der Waals surface area (Å²) in [7, 11) is 0. The highest BCUT2D eigenvalue weighted by molar-refractivity contribution is 8.45. The molecule has 2 aliphatic heterocycles. The van der Waals surface area contributed by atoms with Crippen LogP contribution in [0.4, 0.5) is 0 Å². The standard InChI is InChI=1S/C32H29N5O2S2/c1-21-13-14-25(17-22(21)2)39-16-8-15-36-19-24(26-11-6-7-12-28(26)36)18-27-29(33)37-31(34-30(27)38)41-32(35-37)40-20-23-9-4-3-5-10-23/h3-7,9-14,17-19,33H,8,15-16,20H2,1-2H3. The van der Waals surface area contributed by atoms with E-state index in [-0.39, 0.29) is 11.4 Å². The third kappa shape index (κ3) is 5.87. The molecule has 0 saturated carbocycles. The van der Waals surface area contributed by atoms with Gasteiger partial charge in [0.1, 0.15) is 5.75 Å². The van der Waals surface area contributed by atoms with E-state index >= 15 is 0 Å². The van der Waals surface area contributed by atoms with E-state index in [0.29, 0.717) is 11.8 Å². The van der Waals surface area contributed by atoms with Gasteiger partial charge in [-0.1, -0.05) is 66.4 Å². The minimum atomic E-state index is -0.420. The van der Waals surface area contributed by atoms with Crippen LogP contribution < -0.4 is 4.74 Å². The Morgan fingerprint density at radius 1 is 1.02 bits per heavy atom. The molecule has 1 aromatic heterocycles. The number of benzene rings is 3. The molecule has 1 amide bonds. The van der Waals surface area contributed by atoms with Gasteiger partial charge >= 0.3 is 0 Å². The molecule has 6 rings (SSSR count). The summed E-state index contributed by atoms with van der Waals surface area (Å²) in [6.07, 6.45) is 4.63. The second kappa shape index (κ2) is 11.8. The van der Waals surface area contributed by atoms with E-state index in [1.807, 2.05) is 48.7 Å². The van der Waals surface area contributed by atoms with Gasteiger partial charge < -0.3 is 9.30 Å². The predicted molar refractivity (Wildman–Crippen MR) is 171 cm³/mol. The Morgan fingerprint density at radius 3 is 2.66 bits per heavy atom. The summed E-state index contributed by atoms with van der Waals surface area (Å²) >= 11 is 2.91. The molecule has 9 heteroatoms. The Bertz CT molecular complexity index is 1740. The maximum absolute atomic E-state index is 13.1. The summed E-state index contributed by atoms with van der Waals surface area (Å²) in [5.74, 6) is 1.26. The van der Waals surface area contributed by atoms with Crippen molar-refractivity contribution in [2.75, 3.05) is 6.61 Å². The van der Waals surface area contributed by atoms with Crippen molar-refractivity contribution in [3.63, 3.8) is 0 Å². The lowest BCUT2D eigenvalue weighted by Crippen LogP contribution is -2.35. The average molecular weight is 580 g/mol. The van der Waals surface area contributed by atoms with Gasteiger partial charge in [0.05, 0.1) is 12.2 Å². The van der Waals surface area contributed by atoms with Crippen molar-refractivity contribution in [3.8, 4) is 5.75 Å². The number of thioether (sulfide) groups is 2. The third-order valence-electron chi connectivity index (χ3n) is 7.05. The summed E-state index contributed by atoms with van der Waals surface area (Å²) in [6, 6.07) is 24.4. The van der Waals surface area contributed by atoms with Gasteiger partial charge in [0.25, 0.3) is 5.91 Å². The van der Waals surface area contributed by atoms with Gasteiger partial charge in [-0.25, -0.2) is 0 Å². The van der Waals surface area contributed by atoms with Gasteiger partial charge in [0.2, 0.25) is 5.17 Å². The molecule has 1 N–H and O–H groups in total. The van der Waals surface area contributed by atoms with Crippen molar-refractivity contribution >= 4 is 61.8 Å². The lowest BCUT2D eigenvalue weighted by molar-refractivity contribution is -0.114. The number of para-hydroxylation sites is 1. The first-order chi connectivity index (χ1) is 20.0. The number of carbonyl (C=O) groups is 1. The van der Waals surface area contributed by atoms with E-state index in [1.165, 1.54) is 33.5 Å². The molecule has 0 aliphatic carbocycles. The van der Waals surface area contributed by atoms with Gasteiger partial charge in [-0.3, -0.25) is 10.2 Å². The van der Waals surface area contributed by atoms with Crippen molar-refractivity contribution in [1.82, 2.24) is 9.58 Å². The fourth-order valence-corrected chi connectivity index (χ4v) is 6.60. The molecular weight excluding hydrogens is 551 g/mol. The number of hydrogen-bond donors (Lipinski definition) is 1. The second-order valence-electron chi connectivity index (χ2n) is 9.90. The number of rotatable bonds is 8. The highest BCUT2D eigenvalue weighted by Gasteiger charge is 2.36. The highest BCUT2D eigenvalue weighted by Crippen LogP contribution is 2.34. The summed E-state index contributed by atoms with van der Waals surface area (Å²) in [6.45, 7) is 5.54. The summed E-state index contributed by atoms with van der Waals surface area (Å²) in [5.41, 5.74) is 5.83. The number of carbonyl (C=O) groups excluding carboxylic acids is 1. The highest BCUT2D eigenvalue weighted by atomic mass is 32.2. The Labute approximate surface area is 247 Å². The average Bonchev–Trinajstić information content (AvgIpc) is 3.56. The number of fused-ring (bicyclic) bond motifs is 2. The molecule has 206 valence electrons. The molecule has 7 nitrogen and oxygen atoms in total. The van der Waals surface area contributed by atoms with E-state index in [4.69, 9.17) is 10.1 Å². The monoisotopic (exact) mass is 579 g/mol. The van der Waals surface area contributed by atoms with E-state index in [2.05, 4.69) is 58.8 Å². The molecule has 41 heavy (non-hydrogen) atoms. The molecular formula is C32H29N5O2S2. The summed E-state index contributed by atoms with van der Waals surface area (Å²) in [4.78, 5) is 17.3. The topological polar surface area (TPSA) is 83.0 Å². The van der Waals surface area contributed by atoms with Gasteiger partial charge in [0, 0.05) is 35.0 Å². The Balaban J connectivity index is 1.17. The molecule has 0 unspecified atom stereocenters. The fraction of sp³-hybridized carbons (Fsp3) is 0.188. The van der Waals surface area contributed by atoms with E-state index in [9.17, 15) is 4.79 Å². The van der Waals surface area contributed by atoms with Gasteiger partial charge in [-0.15, -0.1) is 5.10 Å². The number of nitrogens with zero attached hydrogens (tertiary/aromatic N) is 4. The maximum atomic E-state index is 13.1. The number of aryl methyl sites for hydroxylation is 3. The minimum absolute atomic E-state index is 0.0430. The zero-order chi connectivity index (χ0) is 28.3. The number of nitrogens with one attached hydrogen (secondary N) is 1. The molecule has 0 saturated heterocycles. The number of hydrazone groups is 1. The van der Waals surface area contributed by atoms with Crippen LogP contribution in [0.2, 0.25) is 0 Å². The largest absolute Gasteiger partial charge is 0.494 e. The second-order valence-corrected chi connectivity index (χ2v) is 12.1. The van der Waals surface area contributed by atoms with Gasteiger partial charge in [-0.2, -0.15) is 10.0 Å². The van der Waals surface area contributed by atoms with E-state index in [1.54, 1.807) is 17.8 Å². The molecule has 4 aromatic rings. The van der Waals surface area contributed by atoms with Crippen molar-refractivity contribution in [3.05, 3.63) is 107 Å². The van der Waals surface area contributed by atoms with Crippen LogP contribution >= 0.6 is 23.5 Å². The Morgan fingerprint density at radius 2 is 1.83 bits per heavy atom. The lowest BCUT2D eigenvalue weighted by atomic mass is 10.1. The predicted octanol–water partition coefficient (Wildman–Crippen LogP) is 7.24. The Hall–Kier alpha value is -4.08. The molecule has 0 fully saturated rings. The normalized spacial score (nSPS) is 15.9. The Kier molecular flexibility index (Phi) is 7.80. The van der Waals surface area contributed by atoms with E-state index in [0.717, 1.165) is 45.3 Å². The van der Waals surface area contributed by atoms with Crippen molar-refractivity contribution in [2.45, 2.75) is 32.6 Å². The van der Waals surface area contributed by atoms with Crippen LogP contribution in [0.25, 0.3) is 17.0 Å². The van der Waals surface area contributed by atoms with Gasteiger partial charge in [0.15, 0.2) is 10.2 Å². The van der Waals surface area contributed by atoms with Crippen LogP contribution in [0.15, 0.2) is 94.7 Å². The van der Waals surface area contributed by atoms with Crippen molar-refractivity contribution in [2.24, 2.45) is 10.1 Å². The van der Waals surface area contributed by atoms with Crippen molar-refractivity contribution in [1.29, 1.82) is 5.41 Å². The number of aliphatic imine (C=N–C) groups is 1. The maximum Gasteiger partial charge on any atom is 0.283 e. The van der Waals surface area contributed by atoms with Crippen LogP contribution in [0.1, 0.15) is 28.7 Å². The van der Waals surface area contributed by atoms with E-state index < -0.39 is 5.91 Å². The zero-order valence-electron chi connectivity index (χ0n) is 22.8.